The zero-order chi connectivity index (χ0) is 19.9. The Kier molecular flexibility index (Phi) is 7.06. The van der Waals surface area contributed by atoms with Crippen molar-refractivity contribution in [1.29, 1.82) is 0 Å². The van der Waals surface area contributed by atoms with E-state index in [1.165, 1.54) is 11.3 Å². The first-order chi connectivity index (χ1) is 13.6. The molecule has 0 spiro atoms. The molecular weight excluding hydrogens is 356 g/mol. The largest absolute Gasteiger partial charge is 0.490 e. The van der Waals surface area contributed by atoms with E-state index in [1.54, 1.807) is 13.2 Å². The predicted molar refractivity (Wildman–Crippen MR) is 108 cm³/mol. The summed E-state index contributed by atoms with van der Waals surface area (Å²) in [6.45, 7) is 6.03. The van der Waals surface area contributed by atoms with E-state index in [0.29, 0.717) is 18.7 Å². The number of ether oxygens (including phenoxy) is 2. The first-order valence-electron chi connectivity index (χ1n) is 9.80. The highest BCUT2D eigenvalue weighted by Gasteiger charge is 2.22. The topological polar surface area (TPSA) is 68.6 Å². The highest BCUT2D eigenvalue weighted by atomic mass is 16.5. The molecule has 0 unspecified atom stereocenters. The third-order valence-corrected chi connectivity index (χ3v) is 5.26. The zero-order valence-electron chi connectivity index (χ0n) is 17.0. The summed E-state index contributed by atoms with van der Waals surface area (Å²) < 4.78 is 13.0. The van der Waals surface area contributed by atoms with Gasteiger partial charge in [-0.3, -0.25) is 14.4 Å². The molecule has 1 aliphatic heterocycles. The molecule has 0 aliphatic carbocycles. The standard InChI is InChI=1S/C21H30N4O3/c1-16-18(14-23-24(16)2)15-25-10-7-19(8-11-25)28-20-6-4-5-17(13-20)21(26)22-9-12-27-3/h4-6,13-14,19H,7-12,15H2,1-3H3,(H,22,26). The third kappa shape index (κ3) is 5.33. The number of aromatic nitrogens is 2. The number of amides is 1. The van der Waals surface area contributed by atoms with Gasteiger partial charge in [0, 0.05) is 57.2 Å². The minimum Gasteiger partial charge on any atom is -0.490 e. The molecule has 1 N–H and O–H groups in total. The molecule has 2 heterocycles. The van der Waals surface area contributed by atoms with Crippen LogP contribution in [0.15, 0.2) is 30.5 Å². The van der Waals surface area contributed by atoms with E-state index >= 15 is 0 Å². The van der Waals surface area contributed by atoms with Crippen LogP contribution >= 0.6 is 0 Å². The molecule has 7 nitrogen and oxygen atoms in total. The Bertz CT molecular complexity index is 782. The molecule has 2 aromatic rings. The van der Waals surface area contributed by atoms with Crippen LogP contribution < -0.4 is 10.1 Å². The molecule has 152 valence electrons. The number of benzene rings is 1. The van der Waals surface area contributed by atoms with Gasteiger partial charge in [-0.05, 0) is 38.0 Å². The van der Waals surface area contributed by atoms with Crippen LogP contribution in [0, 0.1) is 6.92 Å². The van der Waals surface area contributed by atoms with Gasteiger partial charge < -0.3 is 14.8 Å². The van der Waals surface area contributed by atoms with Gasteiger partial charge in [0.05, 0.1) is 12.8 Å². The normalized spacial score (nSPS) is 15.5. The summed E-state index contributed by atoms with van der Waals surface area (Å²) in [5, 5.41) is 7.16. The second-order valence-corrected chi connectivity index (χ2v) is 7.25. The summed E-state index contributed by atoms with van der Waals surface area (Å²) in [6.07, 6.45) is 4.09. The maximum atomic E-state index is 12.2. The van der Waals surface area contributed by atoms with Gasteiger partial charge in [0.1, 0.15) is 11.9 Å². The van der Waals surface area contributed by atoms with Crippen LogP contribution in [0.25, 0.3) is 0 Å². The number of nitrogens with one attached hydrogen (secondary N) is 1. The van der Waals surface area contributed by atoms with Crippen molar-refractivity contribution in [3.8, 4) is 5.75 Å². The van der Waals surface area contributed by atoms with E-state index in [1.807, 2.05) is 36.1 Å². The Hall–Kier alpha value is -2.38. The number of likely N-dealkylation sites (tertiary alicyclic amines) is 1. The van der Waals surface area contributed by atoms with Gasteiger partial charge >= 0.3 is 0 Å². The SMILES string of the molecule is COCCNC(=O)c1cccc(OC2CCN(Cc3cnn(C)c3C)CC2)c1. The smallest absolute Gasteiger partial charge is 0.251 e. The fraction of sp³-hybridized carbons (Fsp3) is 0.524. The van der Waals surface area contributed by atoms with Crippen molar-refractivity contribution in [2.45, 2.75) is 32.4 Å². The quantitative estimate of drug-likeness (QED) is 0.704. The molecule has 28 heavy (non-hydrogen) atoms. The number of aryl methyl sites for hydroxylation is 1. The number of hydrogen-bond acceptors (Lipinski definition) is 5. The van der Waals surface area contributed by atoms with E-state index in [4.69, 9.17) is 9.47 Å². The Morgan fingerprint density at radius 3 is 2.79 bits per heavy atom. The summed E-state index contributed by atoms with van der Waals surface area (Å²) in [6, 6.07) is 7.39. The van der Waals surface area contributed by atoms with Crippen LogP contribution in [0.5, 0.6) is 5.75 Å². The maximum absolute atomic E-state index is 12.2. The van der Waals surface area contributed by atoms with Crippen molar-refractivity contribution in [3.63, 3.8) is 0 Å². The van der Waals surface area contributed by atoms with Crippen LogP contribution in [0.3, 0.4) is 0 Å². The highest BCUT2D eigenvalue weighted by molar-refractivity contribution is 5.94. The van der Waals surface area contributed by atoms with Crippen molar-refractivity contribution >= 4 is 5.91 Å². The molecule has 1 aromatic carbocycles. The van der Waals surface area contributed by atoms with Crippen molar-refractivity contribution in [2.24, 2.45) is 7.05 Å². The van der Waals surface area contributed by atoms with E-state index in [9.17, 15) is 4.79 Å². The summed E-state index contributed by atoms with van der Waals surface area (Å²) >= 11 is 0. The number of hydrogen-bond donors (Lipinski definition) is 1. The number of methoxy groups -OCH3 is 1. The van der Waals surface area contributed by atoms with Gasteiger partial charge in [-0.15, -0.1) is 0 Å². The molecule has 1 aliphatic rings. The molecule has 1 fully saturated rings. The second-order valence-electron chi connectivity index (χ2n) is 7.25. The van der Waals surface area contributed by atoms with Crippen molar-refractivity contribution in [3.05, 3.63) is 47.3 Å². The summed E-state index contributed by atoms with van der Waals surface area (Å²) in [5.74, 6) is 0.644. The second kappa shape index (κ2) is 9.71. The number of nitrogens with zero attached hydrogens (tertiary/aromatic N) is 3. The summed E-state index contributed by atoms with van der Waals surface area (Å²) in [5.41, 5.74) is 3.12. The molecule has 1 saturated heterocycles. The van der Waals surface area contributed by atoms with Crippen molar-refractivity contribution < 1.29 is 14.3 Å². The van der Waals surface area contributed by atoms with Gasteiger partial charge in [-0.25, -0.2) is 0 Å². The molecule has 0 radical (unpaired) electrons. The average Bonchev–Trinajstić information content (AvgIpc) is 3.02. The minimum absolute atomic E-state index is 0.107. The molecule has 7 heteroatoms. The Morgan fingerprint density at radius 2 is 2.11 bits per heavy atom. The number of rotatable bonds is 8. The van der Waals surface area contributed by atoms with Gasteiger partial charge in [0.2, 0.25) is 0 Å². The number of carbonyl (C=O) groups excluding carboxylic acids is 1. The van der Waals surface area contributed by atoms with E-state index in [-0.39, 0.29) is 12.0 Å². The Morgan fingerprint density at radius 1 is 1.32 bits per heavy atom. The lowest BCUT2D eigenvalue weighted by Gasteiger charge is -2.32. The van der Waals surface area contributed by atoms with E-state index < -0.39 is 0 Å². The average molecular weight is 386 g/mol. The van der Waals surface area contributed by atoms with E-state index in [2.05, 4.69) is 22.2 Å². The van der Waals surface area contributed by atoms with Crippen LogP contribution in [0.2, 0.25) is 0 Å². The fourth-order valence-electron chi connectivity index (χ4n) is 3.40. The monoisotopic (exact) mass is 386 g/mol. The van der Waals surface area contributed by atoms with Gasteiger partial charge in [0.15, 0.2) is 0 Å². The lowest BCUT2D eigenvalue weighted by atomic mass is 10.1. The van der Waals surface area contributed by atoms with Gasteiger partial charge in [0.25, 0.3) is 5.91 Å². The number of carbonyl (C=O) groups is 1. The molecular formula is C21H30N4O3. The molecule has 1 amide bonds. The summed E-state index contributed by atoms with van der Waals surface area (Å²) in [4.78, 5) is 14.6. The fourth-order valence-corrected chi connectivity index (χ4v) is 3.40. The van der Waals surface area contributed by atoms with Crippen LogP contribution in [0.4, 0.5) is 0 Å². The molecule has 1 aromatic heterocycles. The lowest BCUT2D eigenvalue weighted by Crippen LogP contribution is -2.37. The van der Waals surface area contributed by atoms with Gasteiger partial charge in [-0.2, -0.15) is 5.10 Å². The zero-order valence-corrected chi connectivity index (χ0v) is 17.0. The Labute approximate surface area is 166 Å². The van der Waals surface area contributed by atoms with Gasteiger partial charge in [-0.1, -0.05) is 6.07 Å². The van der Waals surface area contributed by atoms with Crippen molar-refractivity contribution in [1.82, 2.24) is 20.0 Å². The first-order valence-corrected chi connectivity index (χ1v) is 9.80. The molecule has 3 rings (SSSR count). The van der Waals surface area contributed by atoms with Crippen molar-refractivity contribution in [2.75, 3.05) is 33.4 Å². The maximum Gasteiger partial charge on any atom is 0.251 e. The first kappa shape index (κ1) is 20.4. The third-order valence-electron chi connectivity index (χ3n) is 5.26. The lowest BCUT2D eigenvalue weighted by molar-refractivity contribution is 0.0924. The Balaban J connectivity index is 1.48. The van der Waals surface area contributed by atoms with Crippen LogP contribution in [-0.2, 0) is 18.3 Å². The predicted octanol–water partition coefficient (Wildman–Crippen LogP) is 2.15. The van der Waals surface area contributed by atoms with Crippen LogP contribution in [-0.4, -0.2) is 60.0 Å². The minimum atomic E-state index is -0.107. The van der Waals surface area contributed by atoms with E-state index in [0.717, 1.165) is 38.2 Å². The molecule has 0 atom stereocenters. The van der Waals surface area contributed by atoms with Crippen LogP contribution in [0.1, 0.15) is 34.5 Å². The molecule has 0 bridgehead atoms. The number of piperidine rings is 1. The summed E-state index contributed by atoms with van der Waals surface area (Å²) in [7, 11) is 3.59. The highest BCUT2D eigenvalue weighted by Crippen LogP contribution is 2.21. The molecule has 0 saturated carbocycles.